The summed E-state index contributed by atoms with van der Waals surface area (Å²) >= 11 is 1.71. The lowest BCUT2D eigenvalue weighted by Crippen LogP contribution is -2.31. The molecule has 0 aliphatic rings. The molecule has 4 heteroatoms. The fourth-order valence-electron chi connectivity index (χ4n) is 3.92. The van der Waals surface area contributed by atoms with Gasteiger partial charge in [0.05, 0.1) is 19.2 Å². The van der Waals surface area contributed by atoms with Gasteiger partial charge in [0.1, 0.15) is 5.75 Å². The molecule has 0 aliphatic carbocycles. The summed E-state index contributed by atoms with van der Waals surface area (Å²) in [6.45, 7) is 4.74. The molecule has 0 bridgehead atoms. The largest absolute Gasteiger partial charge is 0.497 e. The third-order valence-corrected chi connectivity index (χ3v) is 6.62. The summed E-state index contributed by atoms with van der Waals surface area (Å²) in [6.07, 6.45) is 0. The van der Waals surface area contributed by atoms with Crippen LogP contribution in [-0.4, -0.2) is 18.3 Å². The topological polar surface area (TPSA) is 29.5 Å². The zero-order valence-electron chi connectivity index (χ0n) is 19.8. The van der Waals surface area contributed by atoms with Crippen molar-refractivity contribution in [1.82, 2.24) is 0 Å². The van der Waals surface area contributed by atoms with Crippen LogP contribution >= 0.6 is 11.8 Å². The second-order valence-corrected chi connectivity index (χ2v) is 9.89. The maximum atomic E-state index is 14.0. The van der Waals surface area contributed by atoms with E-state index in [1.54, 1.807) is 18.9 Å². The molecule has 0 aliphatic heterocycles. The number of carbonyl (C=O) groups is 1. The van der Waals surface area contributed by atoms with E-state index in [1.807, 2.05) is 83.8 Å². The molecule has 4 aromatic rings. The van der Waals surface area contributed by atoms with E-state index in [0.717, 1.165) is 33.0 Å². The van der Waals surface area contributed by atoms with Crippen LogP contribution in [0.3, 0.4) is 0 Å². The lowest BCUT2D eigenvalue weighted by atomic mass is 9.99. The number of amides is 1. The van der Waals surface area contributed by atoms with Gasteiger partial charge in [-0.1, -0.05) is 80.6 Å². The number of hydrogen-bond acceptors (Lipinski definition) is 3. The molecule has 4 rings (SSSR count). The maximum absolute atomic E-state index is 14.0. The third-order valence-electron chi connectivity index (χ3n) is 5.54. The number of nitrogens with zero attached hydrogens (tertiary/aromatic N) is 1. The number of benzene rings is 4. The monoisotopic (exact) mass is 467 g/mol. The van der Waals surface area contributed by atoms with Gasteiger partial charge in [-0.15, -0.1) is 11.8 Å². The molecule has 0 fully saturated rings. The van der Waals surface area contributed by atoms with E-state index in [9.17, 15) is 4.79 Å². The molecule has 34 heavy (non-hydrogen) atoms. The standard InChI is InChI=1S/C30H29NO2S/c1-22(2)34-29-16-10-9-15-28(29)30(32)31(25-17-19-26(33-3)20-18-25)21-24-13-7-8-14-27(24)23-11-5-4-6-12-23/h4-20,22H,21H2,1-3H3. The van der Waals surface area contributed by atoms with Gasteiger partial charge in [0.15, 0.2) is 0 Å². The highest BCUT2D eigenvalue weighted by atomic mass is 32.2. The van der Waals surface area contributed by atoms with E-state index >= 15 is 0 Å². The molecule has 172 valence electrons. The Morgan fingerprint density at radius 1 is 0.824 bits per heavy atom. The summed E-state index contributed by atoms with van der Waals surface area (Å²) in [5.74, 6) is 0.744. The summed E-state index contributed by atoms with van der Waals surface area (Å²) in [7, 11) is 1.65. The van der Waals surface area contributed by atoms with E-state index in [4.69, 9.17) is 4.74 Å². The lowest BCUT2D eigenvalue weighted by Gasteiger charge is -2.26. The highest BCUT2D eigenvalue weighted by Crippen LogP contribution is 2.32. The van der Waals surface area contributed by atoms with Crippen molar-refractivity contribution in [3.63, 3.8) is 0 Å². The number of methoxy groups -OCH3 is 1. The first-order valence-corrected chi connectivity index (χ1v) is 12.3. The average molecular weight is 468 g/mol. The highest BCUT2D eigenvalue weighted by molar-refractivity contribution is 8.00. The molecule has 0 unspecified atom stereocenters. The average Bonchev–Trinajstić information content (AvgIpc) is 2.88. The number of rotatable bonds is 8. The third kappa shape index (κ3) is 5.52. The van der Waals surface area contributed by atoms with E-state index < -0.39 is 0 Å². The molecule has 0 spiro atoms. The van der Waals surface area contributed by atoms with Crippen molar-refractivity contribution in [1.29, 1.82) is 0 Å². The molecule has 1 amide bonds. The van der Waals surface area contributed by atoms with Crippen LogP contribution in [0.5, 0.6) is 5.75 Å². The molecular weight excluding hydrogens is 438 g/mol. The van der Waals surface area contributed by atoms with Crippen molar-refractivity contribution < 1.29 is 9.53 Å². The Bertz CT molecular complexity index is 1240. The molecule has 0 atom stereocenters. The molecule has 0 radical (unpaired) electrons. The molecule has 0 heterocycles. The van der Waals surface area contributed by atoms with Gasteiger partial charge >= 0.3 is 0 Å². The van der Waals surface area contributed by atoms with Crippen LogP contribution in [-0.2, 0) is 6.54 Å². The fraction of sp³-hybridized carbons (Fsp3) is 0.167. The Balaban J connectivity index is 1.77. The van der Waals surface area contributed by atoms with Gasteiger partial charge in [-0.2, -0.15) is 0 Å². The summed E-state index contributed by atoms with van der Waals surface area (Å²) in [5, 5.41) is 0.377. The summed E-state index contributed by atoms with van der Waals surface area (Å²) in [5.41, 5.74) is 4.90. The van der Waals surface area contributed by atoms with E-state index in [1.165, 1.54) is 0 Å². The van der Waals surface area contributed by atoms with Gasteiger partial charge in [0.25, 0.3) is 5.91 Å². The maximum Gasteiger partial charge on any atom is 0.259 e. The van der Waals surface area contributed by atoms with Crippen LogP contribution in [0.4, 0.5) is 5.69 Å². The minimum Gasteiger partial charge on any atom is -0.497 e. The van der Waals surface area contributed by atoms with Gasteiger partial charge < -0.3 is 9.64 Å². The molecule has 0 saturated heterocycles. The zero-order chi connectivity index (χ0) is 23.9. The predicted octanol–water partition coefficient (Wildman–Crippen LogP) is 7.71. The van der Waals surface area contributed by atoms with Crippen LogP contribution in [0.1, 0.15) is 29.8 Å². The number of ether oxygens (including phenoxy) is 1. The molecule has 0 N–H and O–H groups in total. The molecule has 3 nitrogen and oxygen atoms in total. The van der Waals surface area contributed by atoms with E-state index in [-0.39, 0.29) is 5.91 Å². The van der Waals surface area contributed by atoms with Crippen LogP contribution in [0.15, 0.2) is 108 Å². The van der Waals surface area contributed by atoms with Crippen molar-refractivity contribution in [2.45, 2.75) is 30.5 Å². The van der Waals surface area contributed by atoms with Gasteiger partial charge in [0, 0.05) is 15.8 Å². The summed E-state index contributed by atoms with van der Waals surface area (Å²) in [6, 6.07) is 34.1. The minimum atomic E-state index is -0.0169. The SMILES string of the molecule is COc1ccc(N(Cc2ccccc2-c2ccccc2)C(=O)c2ccccc2SC(C)C)cc1. The number of hydrogen-bond donors (Lipinski definition) is 0. The normalized spacial score (nSPS) is 10.8. The van der Waals surface area contributed by atoms with Crippen LogP contribution in [0.2, 0.25) is 0 Å². The molecule has 0 saturated carbocycles. The predicted molar refractivity (Wildman–Crippen MR) is 143 cm³/mol. The number of carbonyl (C=O) groups excluding carboxylic acids is 1. The van der Waals surface area contributed by atoms with Crippen molar-refractivity contribution in [2.24, 2.45) is 0 Å². The van der Waals surface area contributed by atoms with E-state index in [0.29, 0.717) is 17.4 Å². The zero-order valence-corrected chi connectivity index (χ0v) is 20.6. The first kappa shape index (κ1) is 23.7. The van der Waals surface area contributed by atoms with E-state index in [2.05, 4.69) is 38.1 Å². The quantitative estimate of drug-likeness (QED) is 0.249. The van der Waals surface area contributed by atoms with Gasteiger partial charge in [-0.3, -0.25) is 4.79 Å². The Morgan fingerprint density at radius 2 is 1.47 bits per heavy atom. The van der Waals surface area contributed by atoms with Crippen molar-refractivity contribution in [3.8, 4) is 16.9 Å². The van der Waals surface area contributed by atoms with Gasteiger partial charge in [0.2, 0.25) is 0 Å². The van der Waals surface area contributed by atoms with Crippen LogP contribution < -0.4 is 9.64 Å². The Hall–Kier alpha value is -3.50. The summed E-state index contributed by atoms with van der Waals surface area (Å²) < 4.78 is 5.35. The molecule has 4 aromatic carbocycles. The first-order chi connectivity index (χ1) is 16.6. The minimum absolute atomic E-state index is 0.0169. The highest BCUT2D eigenvalue weighted by Gasteiger charge is 2.22. The Labute approximate surface area is 206 Å². The second kappa shape index (κ2) is 11.1. The molecule has 0 aromatic heterocycles. The Morgan fingerprint density at radius 3 is 2.18 bits per heavy atom. The van der Waals surface area contributed by atoms with Crippen molar-refractivity contribution in [2.75, 3.05) is 12.0 Å². The summed E-state index contributed by atoms with van der Waals surface area (Å²) in [4.78, 5) is 16.9. The smallest absolute Gasteiger partial charge is 0.259 e. The van der Waals surface area contributed by atoms with Crippen molar-refractivity contribution in [3.05, 3.63) is 114 Å². The number of thioether (sulfide) groups is 1. The van der Waals surface area contributed by atoms with Crippen LogP contribution in [0.25, 0.3) is 11.1 Å². The van der Waals surface area contributed by atoms with Gasteiger partial charge in [-0.05, 0) is 53.1 Å². The molecular formula is C30H29NO2S. The first-order valence-electron chi connectivity index (χ1n) is 11.4. The fourth-order valence-corrected chi connectivity index (χ4v) is 4.86. The van der Waals surface area contributed by atoms with Gasteiger partial charge in [-0.25, -0.2) is 0 Å². The van der Waals surface area contributed by atoms with Crippen molar-refractivity contribution >= 4 is 23.4 Å². The lowest BCUT2D eigenvalue weighted by molar-refractivity contribution is 0.0982. The second-order valence-electron chi connectivity index (χ2n) is 8.28. The number of anilines is 1. The van der Waals surface area contributed by atoms with Crippen LogP contribution in [0, 0.1) is 0 Å². The Kier molecular flexibility index (Phi) is 7.71.